The fourth-order valence-corrected chi connectivity index (χ4v) is 3.94. The van der Waals surface area contributed by atoms with Crippen LogP contribution in [0.15, 0.2) is 23.1 Å². The first-order valence-electron chi connectivity index (χ1n) is 6.83. The van der Waals surface area contributed by atoms with Gasteiger partial charge in [-0.1, -0.05) is 6.42 Å². The van der Waals surface area contributed by atoms with Gasteiger partial charge in [0.2, 0.25) is 10.0 Å². The maximum atomic E-state index is 12.5. The summed E-state index contributed by atoms with van der Waals surface area (Å²) in [6.07, 6.45) is 3.14. The molecule has 0 amide bonds. The van der Waals surface area contributed by atoms with Gasteiger partial charge in [-0.2, -0.15) is 0 Å². The summed E-state index contributed by atoms with van der Waals surface area (Å²) in [5, 5.41) is 13.6. The molecule has 1 fully saturated rings. The second kappa shape index (κ2) is 5.98. The van der Waals surface area contributed by atoms with Crippen molar-refractivity contribution in [1.29, 1.82) is 0 Å². The molecule has 1 aliphatic rings. The van der Waals surface area contributed by atoms with Gasteiger partial charge < -0.3 is 5.32 Å². The Kier molecular flexibility index (Phi) is 4.48. The lowest BCUT2D eigenvalue weighted by molar-refractivity contribution is -0.385. The molecule has 2 N–H and O–H groups in total. The van der Waals surface area contributed by atoms with Crippen molar-refractivity contribution >= 4 is 21.4 Å². The van der Waals surface area contributed by atoms with Crippen LogP contribution in [-0.2, 0) is 10.0 Å². The summed E-state index contributed by atoms with van der Waals surface area (Å²) in [5.41, 5.74) is 0.0968. The highest BCUT2D eigenvalue weighted by Crippen LogP contribution is 2.31. The van der Waals surface area contributed by atoms with Gasteiger partial charge in [0.1, 0.15) is 4.90 Å². The molecule has 21 heavy (non-hydrogen) atoms. The van der Waals surface area contributed by atoms with Crippen molar-refractivity contribution in [1.82, 2.24) is 4.72 Å². The van der Waals surface area contributed by atoms with Crippen molar-refractivity contribution in [2.75, 3.05) is 12.4 Å². The van der Waals surface area contributed by atoms with Crippen LogP contribution in [-0.4, -0.2) is 26.4 Å². The van der Waals surface area contributed by atoms with Crippen LogP contribution in [0.5, 0.6) is 0 Å². The minimum absolute atomic E-state index is 0.0922. The molecule has 8 heteroatoms. The molecular formula is C13H19N3O4S. The highest BCUT2D eigenvalue weighted by atomic mass is 32.2. The number of nitrogens with one attached hydrogen (secondary N) is 2. The van der Waals surface area contributed by atoms with Gasteiger partial charge in [0.15, 0.2) is 0 Å². The van der Waals surface area contributed by atoms with Crippen molar-refractivity contribution in [3.63, 3.8) is 0 Å². The lowest BCUT2D eigenvalue weighted by Gasteiger charge is -2.31. The molecule has 1 saturated carbocycles. The molecule has 116 valence electrons. The summed E-state index contributed by atoms with van der Waals surface area (Å²) in [4.78, 5) is 10.1. The molecule has 0 bridgehead atoms. The Balaban J connectivity index is 2.32. The summed E-state index contributed by atoms with van der Waals surface area (Å²) in [5.74, 6) is 0.344. The molecule has 1 atom stereocenters. The van der Waals surface area contributed by atoms with E-state index in [-0.39, 0.29) is 16.6 Å². The molecule has 0 aliphatic heterocycles. The highest BCUT2D eigenvalue weighted by molar-refractivity contribution is 7.89. The van der Waals surface area contributed by atoms with Gasteiger partial charge in [0.25, 0.3) is 5.69 Å². The van der Waals surface area contributed by atoms with Crippen LogP contribution in [0.25, 0.3) is 0 Å². The molecule has 1 aliphatic carbocycles. The quantitative estimate of drug-likeness (QED) is 0.618. The van der Waals surface area contributed by atoms with E-state index >= 15 is 0 Å². The Bertz CT molecular complexity index is 641. The van der Waals surface area contributed by atoms with E-state index in [9.17, 15) is 18.5 Å². The van der Waals surface area contributed by atoms with Crippen LogP contribution < -0.4 is 10.0 Å². The monoisotopic (exact) mass is 313 g/mol. The molecule has 1 aromatic rings. The average molecular weight is 313 g/mol. The zero-order valence-corrected chi connectivity index (χ0v) is 12.8. The Morgan fingerprint density at radius 1 is 1.38 bits per heavy atom. The Labute approximate surface area is 123 Å². The molecule has 0 saturated heterocycles. The molecule has 7 nitrogen and oxygen atoms in total. The first kappa shape index (κ1) is 15.7. The van der Waals surface area contributed by atoms with Crippen LogP contribution in [0, 0.1) is 16.0 Å². The van der Waals surface area contributed by atoms with E-state index in [1.807, 2.05) is 6.92 Å². The van der Waals surface area contributed by atoms with E-state index in [4.69, 9.17) is 0 Å². The lowest BCUT2D eigenvalue weighted by Crippen LogP contribution is -2.40. The van der Waals surface area contributed by atoms with Crippen LogP contribution >= 0.6 is 0 Å². The van der Waals surface area contributed by atoms with E-state index < -0.39 is 14.9 Å². The van der Waals surface area contributed by atoms with Crippen molar-refractivity contribution < 1.29 is 13.3 Å². The number of benzene rings is 1. The number of hydrogen-bond donors (Lipinski definition) is 2. The molecule has 0 heterocycles. The van der Waals surface area contributed by atoms with Gasteiger partial charge >= 0.3 is 0 Å². The number of anilines is 1. The Hall–Kier alpha value is -1.67. The van der Waals surface area contributed by atoms with Crippen molar-refractivity contribution in [2.45, 2.75) is 37.1 Å². The standard InChI is InChI=1S/C13H19N3O4S/c1-9(10-4-3-5-10)15-21(19,20)13-8-11(16(17)18)6-7-12(13)14-2/h6-10,14-15H,3-5H2,1-2H3. The number of nitrogens with zero attached hydrogens (tertiary/aromatic N) is 1. The Morgan fingerprint density at radius 3 is 2.52 bits per heavy atom. The normalized spacial score (nSPS) is 17.0. The first-order valence-corrected chi connectivity index (χ1v) is 8.32. The predicted octanol–water partition coefficient (Wildman–Crippen LogP) is 2.10. The zero-order valence-electron chi connectivity index (χ0n) is 12.0. The zero-order chi connectivity index (χ0) is 15.6. The third-order valence-electron chi connectivity index (χ3n) is 3.93. The second-order valence-corrected chi connectivity index (χ2v) is 6.97. The number of hydrogen-bond acceptors (Lipinski definition) is 5. The molecule has 2 rings (SSSR count). The Morgan fingerprint density at radius 2 is 2.05 bits per heavy atom. The topological polar surface area (TPSA) is 101 Å². The molecule has 1 unspecified atom stereocenters. The number of sulfonamides is 1. The molecular weight excluding hydrogens is 294 g/mol. The van der Waals surface area contributed by atoms with Crippen LogP contribution in [0.3, 0.4) is 0 Å². The molecule has 0 spiro atoms. The molecule has 0 aromatic heterocycles. The minimum Gasteiger partial charge on any atom is -0.387 e. The predicted molar refractivity (Wildman–Crippen MR) is 79.8 cm³/mol. The van der Waals surface area contributed by atoms with E-state index in [1.54, 1.807) is 7.05 Å². The van der Waals surface area contributed by atoms with Gasteiger partial charge in [-0.15, -0.1) is 0 Å². The maximum Gasteiger partial charge on any atom is 0.270 e. The minimum atomic E-state index is -3.80. The third-order valence-corrected chi connectivity index (χ3v) is 5.53. The van der Waals surface area contributed by atoms with Gasteiger partial charge in [-0.3, -0.25) is 10.1 Å². The largest absolute Gasteiger partial charge is 0.387 e. The van der Waals surface area contributed by atoms with Crippen LogP contribution in [0.2, 0.25) is 0 Å². The van der Waals surface area contributed by atoms with Crippen molar-refractivity contribution in [3.05, 3.63) is 28.3 Å². The fourth-order valence-electron chi connectivity index (χ4n) is 2.40. The fraction of sp³-hybridized carbons (Fsp3) is 0.538. The third kappa shape index (κ3) is 3.33. The SMILES string of the molecule is CNc1ccc([N+](=O)[O-])cc1S(=O)(=O)NC(C)C1CCC1. The van der Waals surface area contributed by atoms with Crippen LogP contribution in [0.4, 0.5) is 11.4 Å². The summed E-state index contributed by atoms with van der Waals surface area (Å²) < 4.78 is 27.6. The van der Waals surface area contributed by atoms with Crippen LogP contribution in [0.1, 0.15) is 26.2 Å². The number of rotatable bonds is 6. The number of nitro benzene ring substituents is 1. The number of nitro groups is 1. The van der Waals surface area contributed by atoms with E-state index in [2.05, 4.69) is 10.0 Å². The maximum absolute atomic E-state index is 12.5. The van der Waals surface area contributed by atoms with E-state index in [0.29, 0.717) is 11.6 Å². The molecule has 0 radical (unpaired) electrons. The van der Waals surface area contributed by atoms with Gasteiger partial charge in [0.05, 0.1) is 10.6 Å². The van der Waals surface area contributed by atoms with Crippen molar-refractivity contribution in [2.24, 2.45) is 5.92 Å². The average Bonchev–Trinajstić information content (AvgIpc) is 2.34. The summed E-state index contributed by atoms with van der Waals surface area (Å²) in [6.45, 7) is 1.83. The first-order chi connectivity index (χ1) is 9.85. The van der Waals surface area contributed by atoms with E-state index in [0.717, 1.165) is 25.3 Å². The lowest BCUT2D eigenvalue weighted by atomic mass is 9.81. The molecule has 1 aromatic carbocycles. The summed E-state index contributed by atoms with van der Waals surface area (Å²) >= 11 is 0. The summed E-state index contributed by atoms with van der Waals surface area (Å²) in [6, 6.07) is 3.59. The summed E-state index contributed by atoms with van der Waals surface area (Å²) in [7, 11) is -2.22. The van der Waals surface area contributed by atoms with Gasteiger partial charge in [0, 0.05) is 25.2 Å². The van der Waals surface area contributed by atoms with Crippen molar-refractivity contribution in [3.8, 4) is 0 Å². The number of non-ortho nitro benzene ring substituents is 1. The van der Waals surface area contributed by atoms with E-state index in [1.165, 1.54) is 12.1 Å². The van der Waals surface area contributed by atoms with Gasteiger partial charge in [-0.25, -0.2) is 13.1 Å². The van der Waals surface area contributed by atoms with Gasteiger partial charge in [-0.05, 0) is 31.7 Å². The second-order valence-electron chi connectivity index (χ2n) is 5.29. The smallest absolute Gasteiger partial charge is 0.270 e. The highest BCUT2D eigenvalue weighted by Gasteiger charge is 2.29.